The summed E-state index contributed by atoms with van der Waals surface area (Å²) in [6, 6.07) is 0. The highest BCUT2D eigenvalue weighted by Gasteiger charge is 2.06. The number of hydrogen-bond acceptors (Lipinski definition) is 1. The first kappa shape index (κ1) is 9.70. The summed E-state index contributed by atoms with van der Waals surface area (Å²) in [7, 11) is 0. The summed E-state index contributed by atoms with van der Waals surface area (Å²) in [5.41, 5.74) is 1.33. The largest absolute Gasteiger partial charge is 0.392 e. The molecule has 0 aliphatic rings. The number of hydrogen-bond donors (Lipinski definition) is 1. The monoisotopic (exact) mass is 142 g/mol. The Morgan fingerprint density at radius 2 is 1.90 bits per heavy atom. The second-order valence-electron chi connectivity index (χ2n) is 3.68. The Morgan fingerprint density at radius 1 is 1.40 bits per heavy atom. The third kappa shape index (κ3) is 4.57. The number of aliphatic hydroxyl groups excluding tert-OH is 1. The lowest BCUT2D eigenvalue weighted by Gasteiger charge is -2.14. The molecule has 1 nitrogen and oxygen atoms in total. The zero-order valence-corrected chi connectivity index (χ0v) is 7.44. The van der Waals surface area contributed by atoms with E-state index in [2.05, 4.69) is 33.8 Å². The third-order valence-electron chi connectivity index (χ3n) is 1.29. The topological polar surface area (TPSA) is 20.2 Å². The number of rotatable bonds is 2. The standard InChI is InChI=1S/C9H18O/c1-5-8(7-10)6-9(2,3)4/h6,10H,5,7H2,1-4H3. The van der Waals surface area contributed by atoms with Crippen molar-refractivity contribution in [1.29, 1.82) is 0 Å². The zero-order valence-electron chi connectivity index (χ0n) is 7.44. The summed E-state index contributed by atoms with van der Waals surface area (Å²) in [6.45, 7) is 8.68. The summed E-state index contributed by atoms with van der Waals surface area (Å²) in [6.07, 6.45) is 3.08. The van der Waals surface area contributed by atoms with Crippen LogP contribution in [0.3, 0.4) is 0 Å². The second kappa shape index (κ2) is 3.77. The van der Waals surface area contributed by atoms with Gasteiger partial charge in [0.2, 0.25) is 0 Å². The number of allylic oxidation sites excluding steroid dienone is 1. The maximum Gasteiger partial charge on any atom is 0.0641 e. The summed E-state index contributed by atoms with van der Waals surface area (Å²) in [5, 5.41) is 8.82. The van der Waals surface area contributed by atoms with Crippen molar-refractivity contribution in [2.75, 3.05) is 6.61 Å². The highest BCUT2D eigenvalue weighted by Crippen LogP contribution is 2.18. The van der Waals surface area contributed by atoms with Gasteiger partial charge in [-0.15, -0.1) is 0 Å². The summed E-state index contributed by atoms with van der Waals surface area (Å²) >= 11 is 0. The summed E-state index contributed by atoms with van der Waals surface area (Å²) in [4.78, 5) is 0. The molecule has 0 saturated carbocycles. The van der Waals surface area contributed by atoms with E-state index in [0.717, 1.165) is 12.0 Å². The minimum Gasteiger partial charge on any atom is -0.392 e. The molecule has 0 aromatic carbocycles. The van der Waals surface area contributed by atoms with Crippen LogP contribution in [-0.4, -0.2) is 11.7 Å². The molecule has 0 heterocycles. The first-order chi connectivity index (χ1) is 4.49. The Hall–Kier alpha value is -0.300. The van der Waals surface area contributed by atoms with Gasteiger partial charge in [-0.3, -0.25) is 0 Å². The van der Waals surface area contributed by atoms with E-state index in [1.807, 2.05) is 0 Å². The molecule has 0 fully saturated rings. The molecule has 10 heavy (non-hydrogen) atoms. The van der Waals surface area contributed by atoms with E-state index in [9.17, 15) is 0 Å². The first-order valence-corrected chi connectivity index (χ1v) is 3.81. The van der Waals surface area contributed by atoms with E-state index >= 15 is 0 Å². The molecule has 0 bridgehead atoms. The van der Waals surface area contributed by atoms with E-state index in [1.165, 1.54) is 0 Å². The van der Waals surface area contributed by atoms with Crippen LogP contribution in [0.1, 0.15) is 34.1 Å². The lowest BCUT2D eigenvalue weighted by molar-refractivity contribution is 0.324. The van der Waals surface area contributed by atoms with Gasteiger partial charge in [-0.25, -0.2) is 0 Å². The van der Waals surface area contributed by atoms with Gasteiger partial charge in [-0.05, 0) is 17.4 Å². The SMILES string of the molecule is CCC(=CC(C)(C)C)CO. The van der Waals surface area contributed by atoms with Crippen LogP contribution in [0, 0.1) is 5.41 Å². The van der Waals surface area contributed by atoms with Crippen LogP contribution < -0.4 is 0 Å². The molecular formula is C9H18O. The minimum absolute atomic E-state index is 0.202. The van der Waals surface area contributed by atoms with Crippen LogP contribution in [0.5, 0.6) is 0 Å². The Morgan fingerprint density at radius 3 is 2.00 bits per heavy atom. The molecule has 0 amide bonds. The summed E-state index contributed by atoms with van der Waals surface area (Å²) in [5.74, 6) is 0. The van der Waals surface area contributed by atoms with Crippen LogP contribution in [0.4, 0.5) is 0 Å². The molecular weight excluding hydrogens is 124 g/mol. The molecule has 0 saturated heterocycles. The normalized spacial score (nSPS) is 13.9. The van der Waals surface area contributed by atoms with Crippen LogP contribution in [-0.2, 0) is 0 Å². The molecule has 1 heteroatoms. The van der Waals surface area contributed by atoms with Crippen molar-refractivity contribution in [3.05, 3.63) is 11.6 Å². The maximum atomic E-state index is 8.82. The van der Waals surface area contributed by atoms with Crippen LogP contribution >= 0.6 is 0 Å². The van der Waals surface area contributed by atoms with Crippen molar-refractivity contribution in [3.63, 3.8) is 0 Å². The summed E-state index contributed by atoms with van der Waals surface area (Å²) < 4.78 is 0. The molecule has 0 unspecified atom stereocenters. The molecule has 0 spiro atoms. The fourth-order valence-electron chi connectivity index (χ4n) is 0.872. The smallest absolute Gasteiger partial charge is 0.0641 e. The van der Waals surface area contributed by atoms with Gasteiger partial charge in [0.25, 0.3) is 0 Å². The third-order valence-corrected chi connectivity index (χ3v) is 1.29. The highest BCUT2D eigenvalue weighted by atomic mass is 16.3. The predicted molar refractivity (Wildman–Crippen MR) is 44.9 cm³/mol. The lowest BCUT2D eigenvalue weighted by atomic mass is 9.93. The highest BCUT2D eigenvalue weighted by molar-refractivity contribution is 5.06. The van der Waals surface area contributed by atoms with Gasteiger partial charge in [0.15, 0.2) is 0 Å². The van der Waals surface area contributed by atoms with Crippen molar-refractivity contribution in [2.45, 2.75) is 34.1 Å². The molecule has 0 rings (SSSR count). The quantitative estimate of drug-likeness (QED) is 0.587. The van der Waals surface area contributed by atoms with E-state index in [1.54, 1.807) is 0 Å². The molecule has 0 aliphatic carbocycles. The van der Waals surface area contributed by atoms with E-state index in [4.69, 9.17) is 5.11 Å². The van der Waals surface area contributed by atoms with Crippen molar-refractivity contribution in [1.82, 2.24) is 0 Å². The minimum atomic E-state index is 0.202. The Bertz CT molecular complexity index is 111. The van der Waals surface area contributed by atoms with Crippen LogP contribution in [0.15, 0.2) is 11.6 Å². The molecule has 1 N–H and O–H groups in total. The molecule has 0 aliphatic heterocycles. The Labute approximate surface area is 63.8 Å². The van der Waals surface area contributed by atoms with Crippen LogP contribution in [0.2, 0.25) is 0 Å². The Balaban J connectivity index is 4.11. The molecule has 0 atom stereocenters. The average molecular weight is 142 g/mol. The van der Waals surface area contributed by atoms with Crippen molar-refractivity contribution in [3.8, 4) is 0 Å². The van der Waals surface area contributed by atoms with Gasteiger partial charge < -0.3 is 5.11 Å². The van der Waals surface area contributed by atoms with Crippen LogP contribution in [0.25, 0.3) is 0 Å². The van der Waals surface area contributed by atoms with Crippen molar-refractivity contribution < 1.29 is 5.11 Å². The average Bonchev–Trinajstić information content (AvgIpc) is 1.81. The second-order valence-corrected chi connectivity index (χ2v) is 3.68. The van der Waals surface area contributed by atoms with Gasteiger partial charge in [0.05, 0.1) is 6.61 Å². The Kier molecular flexibility index (Phi) is 3.66. The van der Waals surface area contributed by atoms with Crippen molar-refractivity contribution >= 4 is 0 Å². The predicted octanol–water partition coefficient (Wildman–Crippen LogP) is 2.36. The fourth-order valence-corrected chi connectivity index (χ4v) is 0.872. The van der Waals surface area contributed by atoms with Gasteiger partial charge >= 0.3 is 0 Å². The van der Waals surface area contributed by atoms with E-state index < -0.39 is 0 Å². The van der Waals surface area contributed by atoms with Gasteiger partial charge in [0.1, 0.15) is 0 Å². The van der Waals surface area contributed by atoms with Gasteiger partial charge in [-0.1, -0.05) is 33.8 Å². The fraction of sp³-hybridized carbons (Fsp3) is 0.778. The number of aliphatic hydroxyl groups is 1. The van der Waals surface area contributed by atoms with E-state index in [-0.39, 0.29) is 12.0 Å². The molecule has 0 aromatic heterocycles. The van der Waals surface area contributed by atoms with E-state index in [0.29, 0.717) is 0 Å². The van der Waals surface area contributed by atoms with Gasteiger partial charge in [0, 0.05) is 0 Å². The molecule has 0 aromatic rings. The molecule has 60 valence electrons. The van der Waals surface area contributed by atoms with Gasteiger partial charge in [-0.2, -0.15) is 0 Å². The zero-order chi connectivity index (χ0) is 8.20. The van der Waals surface area contributed by atoms with Crippen molar-refractivity contribution in [2.24, 2.45) is 5.41 Å². The molecule has 0 radical (unpaired) electrons. The lowest BCUT2D eigenvalue weighted by Crippen LogP contribution is -2.02. The maximum absolute atomic E-state index is 8.82. The first-order valence-electron chi connectivity index (χ1n) is 3.81.